The lowest BCUT2D eigenvalue weighted by Crippen LogP contribution is -2.02. The first-order valence-electron chi connectivity index (χ1n) is 6.21. The molecule has 0 fully saturated rings. The van der Waals surface area contributed by atoms with Gasteiger partial charge in [0.2, 0.25) is 0 Å². The van der Waals surface area contributed by atoms with E-state index in [1.165, 1.54) is 11.8 Å². The van der Waals surface area contributed by atoms with Gasteiger partial charge in [0.05, 0.1) is 7.11 Å². The molecule has 6 heteroatoms. The predicted octanol–water partition coefficient (Wildman–Crippen LogP) is 3.19. The Morgan fingerprint density at radius 2 is 2.14 bits per heavy atom. The third kappa shape index (κ3) is 2.57. The standard InChI is InChI=1S/C15H12N2O3S/c1-20-10-5-4-6-11(9-10)21-14-13(15(18)19)17-8-3-2-7-12(17)16-14/h2-9H,1H3,(H,18,19). The number of benzene rings is 1. The second-order valence-electron chi connectivity index (χ2n) is 4.28. The summed E-state index contributed by atoms with van der Waals surface area (Å²) in [7, 11) is 1.59. The van der Waals surface area contributed by atoms with Gasteiger partial charge in [0, 0.05) is 11.1 Å². The molecule has 106 valence electrons. The van der Waals surface area contributed by atoms with Crippen molar-refractivity contribution in [3.8, 4) is 5.75 Å². The molecule has 2 heterocycles. The summed E-state index contributed by atoms with van der Waals surface area (Å²) in [4.78, 5) is 16.8. The molecule has 3 aromatic rings. The van der Waals surface area contributed by atoms with Gasteiger partial charge in [-0.15, -0.1) is 0 Å². The topological polar surface area (TPSA) is 63.8 Å². The molecule has 5 nitrogen and oxygen atoms in total. The summed E-state index contributed by atoms with van der Waals surface area (Å²) in [6.45, 7) is 0. The minimum atomic E-state index is -1.00. The number of carboxylic acid groups (broad SMARTS) is 1. The number of methoxy groups -OCH3 is 1. The highest BCUT2D eigenvalue weighted by Crippen LogP contribution is 2.32. The van der Waals surface area contributed by atoms with Crippen LogP contribution in [-0.2, 0) is 0 Å². The lowest BCUT2D eigenvalue weighted by atomic mass is 10.3. The Morgan fingerprint density at radius 1 is 1.29 bits per heavy atom. The van der Waals surface area contributed by atoms with E-state index >= 15 is 0 Å². The van der Waals surface area contributed by atoms with Crippen molar-refractivity contribution in [3.63, 3.8) is 0 Å². The zero-order valence-electron chi connectivity index (χ0n) is 11.2. The second-order valence-corrected chi connectivity index (χ2v) is 5.34. The Labute approximate surface area is 125 Å². The van der Waals surface area contributed by atoms with Crippen molar-refractivity contribution < 1.29 is 14.6 Å². The van der Waals surface area contributed by atoms with Gasteiger partial charge in [-0.1, -0.05) is 23.9 Å². The summed E-state index contributed by atoms with van der Waals surface area (Å²) >= 11 is 1.31. The van der Waals surface area contributed by atoms with Crippen molar-refractivity contribution >= 4 is 23.4 Å². The Balaban J connectivity index is 2.07. The fraction of sp³-hybridized carbons (Fsp3) is 0.0667. The van der Waals surface area contributed by atoms with Crippen LogP contribution in [0.5, 0.6) is 5.75 Å². The first-order chi connectivity index (χ1) is 10.2. The van der Waals surface area contributed by atoms with Crippen LogP contribution in [0.25, 0.3) is 5.65 Å². The molecule has 0 atom stereocenters. The molecule has 0 spiro atoms. The van der Waals surface area contributed by atoms with Crippen LogP contribution in [-0.4, -0.2) is 27.6 Å². The fourth-order valence-electron chi connectivity index (χ4n) is 2.02. The summed E-state index contributed by atoms with van der Waals surface area (Å²) in [5.41, 5.74) is 0.777. The minimum Gasteiger partial charge on any atom is -0.497 e. The third-order valence-corrected chi connectivity index (χ3v) is 3.92. The van der Waals surface area contributed by atoms with E-state index in [2.05, 4.69) is 4.98 Å². The molecule has 1 N–H and O–H groups in total. The van der Waals surface area contributed by atoms with Crippen LogP contribution < -0.4 is 4.74 Å². The van der Waals surface area contributed by atoms with Gasteiger partial charge in [-0.05, 0) is 30.3 Å². The number of carboxylic acids is 1. The molecule has 21 heavy (non-hydrogen) atoms. The molecule has 0 aliphatic heterocycles. The number of hydrogen-bond donors (Lipinski definition) is 1. The number of rotatable bonds is 4. The van der Waals surface area contributed by atoms with Crippen molar-refractivity contribution in [3.05, 3.63) is 54.4 Å². The van der Waals surface area contributed by atoms with Crippen molar-refractivity contribution in [1.29, 1.82) is 0 Å². The van der Waals surface area contributed by atoms with Crippen molar-refractivity contribution in [2.24, 2.45) is 0 Å². The van der Waals surface area contributed by atoms with Crippen molar-refractivity contribution in [2.45, 2.75) is 9.92 Å². The monoisotopic (exact) mass is 300 g/mol. The molecule has 0 amide bonds. The van der Waals surface area contributed by atoms with E-state index in [1.54, 1.807) is 29.8 Å². The minimum absolute atomic E-state index is 0.165. The predicted molar refractivity (Wildman–Crippen MR) is 79.3 cm³/mol. The normalized spacial score (nSPS) is 10.7. The molecular weight excluding hydrogens is 288 g/mol. The number of ether oxygens (including phenoxy) is 1. The Kier molecular flexibility index (Phi) is 3.53. The van der Waals surface area contributed by atoms with Gasteiger partial charge >= 0.3 is 5.97 Å². The number of imidazole rings is 1. The van der Waals surface area contributed by atoms with E-state index in [0.29, 0.717) is 10.7 Å². The van der Waals surface area contributed by atoms with E-state index in [0.717, 1.165) is 10.6 Å². The number of nitrogens with zero attached hydrogens (tertiary/aromatic N) is 2. The second kappa shape index (κ2) is 5.49. The van der Waals surface area contributed by atoms with E-state index in [-0.39, 0.29) is 5.69 Å². The SMILES string of the molecule is COc1cccc(Sc2nc3ccccn3c2C(=O)O)c1. The molecule has 2 aromatic heterocycles. The highest BCUT2D eigenvalue weighted by atomic mass is 32.2. The fourth-order valence-corrected chi connectivity index (χ4v) is 2.98. The number of carbonyl (C=O) groups is 1. The van der Waals surface area contributed by atoms with Crippen LogP contribution in [0.4, 0.5) is 0 Å². The van der Waals surface area contributed by atoms with Crippen LogP contribution in [0.1, 0.15) is 10.5 Å². The van der Waals surface area contributed by atoms with Crippen LogP contribution in [0, 0.1) is 0 Å². The van der Waals surface area contributed by atoms with Gasteiger partial charge in [0.25, 0.3) is 0 Å². The van der Waals surface area contributed by atoms with Crippen LogP contribution in [0.2, 0.25) is 0 Å². The molecule has 0 aliphatic carbocycles. The van der Waals surface area contributed by atoms with E-state index in [9.17, 15) is 9.90 Å². The molecule has 0 radical (unpaired) electrons. The number of hydrogen-bond acceptors (Lipinski definition) is 4. The van der Waals surface area contributed by atoms with Gasteiger partial charge in [-0.2, -0.15) is 0 Å². The number of aromatic nitrogens is 2. The highest BCUT2D eigenvalue weighted by molar-refractivity contribution is 7.99. The molecule has 0 bridgehead atoms. The summed E-state index contributed by atoms with van der Waals surface area (Å²) in [6.07, 6.45) is 1.70. The van der Waals surface area contributed by atoms with Gasteiger partial charge in [0.15, 0.2) is 5.69 Å². The summed E-state index contributed by atoms with van der Waals surface area (Å²) < 4.78 is 6.75. The van der Waals surface area contributed by atoms with Gasteiger partial charge in [-0.25, -0.2) is 9.78 Å². The van der Waals surface area contributed by atoms with Crippen molar-refractivity contribution in [2.75, 3.05) is 7.11 Å². The smallest absolute Gasteiger partial charge is 0.355 e. The third-order valence-electron chi connectivity index (χ3n) is 2.96. The van der Waals surface area contributed by atoms with Gasteiger partial charge in [0.1, 0.15) is 16.4 Å². The summed E-state index contributed by atoms with van der Waals surface area (Å²) in [5.74, 6) is -0.278. The number of fused-ring (bicyclic) bond motifs is 1. The van der Waals surface area contributed by atoms with E-state index < -0.39 is 5.97 Å². The number of pyridine rings is 1. The van der Waals surface area contributed by atoms with Crippen LogP contribution >= 0.6 is 11.8 Å². The molecule has 0 aliphatic rings. The molecule has 1 aromatic carbocycles. The van der Waals surface area contributed by atoms with E-state index in [4.69, 9.17) is 4.74 Å². The first-order valence-corrected chi connectivity index (χ1v) is 7.03. The van der Waals surface area contributed by atoms with Gasteiger partial charge < -0.3 is 9.84 Å². The zero-order chi connectivity index (χ0) is 14.8. The first kappa shape index (κ1) is 13.5. The van der Waals surface area contributed by atoms with Crippen LogP contribution in [0.3, 0.4) is 0 Å². The zero-order valence-corrected chi connectivity index (χ0v) is 12.0. The Morgan fingerprint density at radius 3 is 2.90 bits per heavy atom. The molecule has 0 saturated carbocycles. The maximum Gasteiger partial charge on any atom is 0.355 e. The van der Waals surface area contributed by atoms with Crippen LogP contribution in [0.15, 0.2) is 58.6 Å². The molecule has 0 unspecified atom stereocenters. The average Bonchev–Trinajstić information content (AvgIpc) is 2.85. The highest BCUT2D eigenvalue weighted by Gasteiger charge is 2.19. The molecular formula is C15H12N2O3S. The Hall–Kier alpha value is -2.47. The summed E-state index contributed by atoms with van der Waals surface area (Å²) in [5, 5.41) is 9.89. The van der Waals surface area contributed by atoms with Crippen molar-refractivity contribution in [1.82, 2.24) is 9.38 Å². The average molecular weight is 300 g/mol. The molecule has 0 saturated heterocycles. The number of aromatic carboxylic acids is 1. The molecule has 3 rings (SSSR count). The quantitative estimate of drug-likeness (QED) is 0.801. The maximum atomic E-state index is 11.5. The lowest BCUT2D eigenvalue weighted by molar-refractivity contribution is 0.0685. The Bertz CT molecular complexity index is 814. The van der Waals surface area contributed by atoms with Gasteiger partial charge in [-0.3, -0.25) is 4.40 Å². The maximum absolute atomic E-state index is 11.5. The largest absolute Gasteiger partial charge is 0.497 e. The van der Waals surface area contributed by atoms with E-state index in [1.807, 2.05) is 30.3 Å². The summed E-state index contributed by atoms with van der Waals surface area (Å²) in [6, 6.07) is 12.8. The lowest BCUT2D eigenvalue weighted by Gasteiger charge is -2.03.